The quantitative estimate of drug-likeness (QED) is 0.511. The van der Waals surface area contributed by atoms with E-state index in [0.29, 0.717) is 18.9 Å². The second-order valence-electron chi connectivity index (χ2n) is 6.99. The summed E-state index contributed by atoms with van der Waals surface area (Å²) >= 11 is 0. The number of para-hydroxylation sites is 2. The van der Waals surface area contributed by atoms with Crippen molar-refractivity contribution in [1.82, 2.24) is 14.9 Å². The van der Waals surface area contributed by atoms with E-state index in [1.165, 1.54) is 0 Å². The van der Waals surface area contributed by atoms with Crippen molar-refractivity contribution in [1.29, 1.82) is 0 Å². The Labute approximate surface area is 169 Å². The van der Waals surface area contributed by atoms with Crippen LogP contribution in [0.15, 0.2) is 84.9 Å². The van der Waals surface area contributed by atoms with E-state index in [-0.39, 0.29) is 12.3 Å². The lowest BCUT2D eigenvalue weighted by molar-refractivity contribution is -0.120. The molecule has 0 aliphatic carbocycles. The van der Waals surface area contributed by atoms with Crippen LogP contribution in [-0.2, 0) is 24.3 Å². The molecule has 2 N–H and O–H groups in total. The maximum atomic E-state index is 12.5. The first kappa shape index (κ1) is 18.9. The Kier molecular flexibility index (Phi) is 5.68. The highest BCUT2D eigenvalue weighted by Gasteiger charge is 2.17. The summed E-state index contributed by atoms with van der Waals surface area (Å²) in [6.07, 6.45) is -0.525. The zero-order valence-electron chi connectivity index (χ0n) is 16.0. The van der Waals surface area contributed by atoms with Gasteiger partial charge in [-0.2, -0.15) is 0 Å². The summed E-state index contributed by atoms with van der Waals surface area (Å²) in [7, 11) is 0. The summed E-state index contributed by atoms with van der Waals surface area (Å²) < 4.78 is 1.94. The van der Waals surface area contributed by atoms with Gasteiger partial charge in [0.25, 0.3) is 0 Å². The highest BCUT2D eigenvalue weighted by Crippen LogP contribution is 2.21. The number of carbonyl (C=O) groups is 1. The summed E-state index contributed by atoms with van der Waals surface area (Å²) in [6, 6.07) is 27.1. The van der Waals surface area contributed by atoms with Gasteiger partial charge in [0, 0.05) is 6.54 Å². The Hall–Kier alpha value is -3.44. The number of aromatic nitrogens is 2. The van der Waals surface area contributed by atoms with Gasteiger partial charge >= 0.3 is 0 Å². The van der Waals surface area contributed by atoms with E-state index in [1.54, 1.807) is 0 Å². The molecule has 0 spiro atoms. The van der Waals surface area contributed by atoms with Crippen molar-refractivity contribution in [2.75, 3.05) is 0 Å². The molecule has 0 aliphatic heterocycles. The van der Waals surface area contributed by atoms with Gasteiger partial charge in [0.2, 0.25) is 5.91 Å². The topological polar surface area (TPSA) is 67.2 Å². The van der Waals surface area contributed by atoms with Crippen LogP contribution >= 0.6 is 0 Å². The molecular formula is C24H23N3O2. The summed E-state index contributed by atoms with van der Waals surface area (Å²) in [5, 5.41) is 13.7. The molecule has 3 aromatic carbocycles. The minimum atomic E-state index is -0.681. The summed E-state index contributed by atoms with van der Waals surface area (Å²) in [5.74, 6) is 0.548. The van der Waals surface area contributed by atoms with Crippen molar-refractivity contribution in [3.05, 3.63) is 102 Å². The van der Waals surface area contributed by atoms with Gasteiger partial charge in [-0.3, -0.25) is 4.79 Å². The van der Waals surface area contributed by atoms with Crippen LogP contribution in [-0.4, -0.2) is 20.6 Å². The molecule has 1 amide bonds. The number of hydrogen-bond donors (Lipinski definition) is 2. The number of nitrogens with one attached hydrogen (secondary N) is 1. The molecule has 0 unspecified atom stereocenters. The first-order chi connectivity index (χ1) is 14.2. The number of hydrogen-bond acceptors (Lipinski definition) is 3. The van der Waals surface area contributed by atoms with E-state index >= 15 is 0 Å². The fraction of sp³-hybridized carbons (Fsp3) is 0.167. The van der Waals surface area contributed by atoms with Gasteiger partial charge in [0.1, 0.15) is 5.82 Å². The third-order valence-corrected chi connectivity index (χ3v) is 4.92. The van der Waals surface area contributed by atoms with Crippen molar-refractivity contribution < 1.29 is 9.90 Å². The predicted molar refractivity (Wildman–Crippen MR) is 113 cm³/mol. The number of carbonyl (C=O) groups excluding carboxylic acids is 1. The first-order valence-corrected chi connectivity index (χ1v) is 9.68. The van der Waals surface area contributed by atoms with Crippen LogP contribution in [0.2, 0.25) is 0 Å². The molecule has 146 valence electrons. The monoisotopic (exact) mass is 385 g/mol. The Morgan fingerprint density at radius 3 is 2.34 bits per heavy atom. The summed E-state index contributed by atoms with van der Waals surface area (Å²) in [5.41, 5.74) is 3.62. The van der Waals surface area contributed by atoms with E-state index in [0.717, 1.165) is 22.2 Å². The molecule has 5 heteroatoms. The number of amides is 1. The molecule has 0 saturated carbocycles. The number of aliphatic hydroxyl groups excluding tert-OH is 1. The number of fused-ring (bicyclic) bond motifs is 1. The van der Waals surface area contributed by atoms with E-state index < -0.39 is 6.10 Å². The number of benzene rings is 3. The largest absolute Gasteiger partial charge is 0.387 e. The highest BCUT2D eigenvalue weighted by molar-refractivity contribution is 5.81. The lowest BCUT2D eigenvalue weighted by atomic mass is 10.1. The van der Waals surface area contributed by atoms with Gasteiger partial charge in [-0.15, -0.1) is 0 Å². The van der Waals surface area contributed by atoms with Gasteiger partial charge in [0.05, 0.1) is 30.1 Å². The number of rotatable bonds is 7. The Morgan fingerprint density at radius 1 is 0.931 bits per heavy atom. The molecule has 1 atom stereocenters. The molecule has 0 radical (unpaired) electrons. The number of imidazole rings is 1. The van der Waals surface area contributed by atoms with Crippen molar-refractivity contribution in [2.24, 2.45) is 0 Å². The molecule has 1 heterocycles. The molecular weight excluding hydrogens is 362 g/mol. The zero-order chi connectivity index (χ0) is 20.1. The van der Waals surface area contributed by atoms with Gasteiger partial charge < -0.3 is 15.0 Å². The van der Waals surface area contributed by atoms with Crippen molar-refractivity contribution >= 4 is 16.9 Å². The van der Waals surface area contributed by atoms with Gasteiger partial charge in [-0.1, -0.05) is 72.8 Å². The lowest BCUT2D eigenvalue weighted by Crippen LogP contribution is -2.26. The SMILES string of the molecule is O=C(Cc1nc2ccccc2n1C[C@H](O)c1ccccc1)NCc1ccccc1. The maximum Gasteiger partial charge on any atom is 0.227 e. The van der Waals surface area contributed by atoms with E-state index in [4.69, 9.17) is 0 Å². The number of aliphatic hydroxyl groups is 1. The minimum absolute atomic E-state index is 0.0976. The molecule has 5 nitrogen and oxygen atoms in total. The van der Waals surface area contributed by atoms with Crippen LogP contribution in [0.5, 0.6) is 0 Å². The Bertz CT molecular complexity index is 1090. The Balaban J connectivity index is 1.54. The van der Waals surface area contributed by atoms with Gasteiger partial charge in [-0.05, 0) is 23.3 Å². The summed E-state index contributed by atoms with van der Waals surface area (Å²) in [4.78, 5) is 17.2. The molecule has 1 aromatic heterocycles. The summed E-state index contributed by atoms with van der Waals surface area (Å²) in [6.45, 7) is 0.818. The Morgan fingerprint density at radius 2 is 1.59 bits per heavy atom. The molecule has 4 rings (SSSR count). The van der Waals surface area contributed by atoms with E-state index in [1.807, 2.05) is 89.5 Å². The average molecular weight is 385 g/mol. The van der Waals surface area contributed by atoms with Gasteiger partial charge in [-0.25, -0.2) is 4.98 Å². The lowest BCUT2D eigenvalue weighted by Gasteiger charge is -2.15. The van der Waals surface area contributed by atoms with Crippen LogP contribution in [0, 0.1) is 0 Å². The molecule has 4 aromatic rings. The molecule has 0 bridgehead atoms. The average Bonchev–Trinajstić information content (AvgIpc) is 3.10. The van der Waals surface area contributed by atoms with Crippen LogP contribution < -0.4 is 5.32 Å². The fourth-order valence-corrected chi connectivity index (χ4v) is 3.42. The van der Waals surface area contributed by atoms with Gasteiger partial charge in [0.15, 0.2) is 0 Å². The standard InChI is InChI=1S/C24H23N3O2/c28-22(19-11-5-2-6-12-19)17-27-21-14-8-7-13-20(21)26-23(27)15-24(29)25-16-18-9-3-1-4-10-18/h1-14,22,28H,15-17H2,(H,25,29)/t22-/m0/s1. The zero-order valence-corrected chi connectivity index (χ0v) is 16.0. The van der Waals surface area contributed by atoms with Crippen LogP contribution in [0.3, 0.4) is 0 Å². The molecule has 29 heavy (non-hydrogen) atoms. The number of nitrogens with zero attached hydrogens (tertiary/aromatic N) is 2. The molecule has 0 saturated heterocycles. The van der Waals surface area contributed by atoms with Crippen LogP contribution in [0.4, 0.5) is 0 Å². The highest BCUT2D eigenvalue weighted by atomic mass is 16.3. The van der Waals surface area contributed by atoms with Crippen molar-refractivity contribution in [3.8, 4) is 0 Å². The second-order valence-corrected chi connectivity index (χ2v) is 6.99. The van der Waals surface area contributed by atoms with E-state index in [2.05, 4.69) is 10.3 Å². The van der Waals surface area contributed by atoms with Crippen LogP contribution in [0.1, 0.15) is 23.1 Å². The third-order valence-electron chi connectivity index (χ3n) is 4.92. The van der Waals surface area contributed by atoms with E-state index in [9.17, 15) is 9.90 Å². The second kappa shape index (κ2) is 8.71. The normalized spacial score (nSPS) is 12.0. The van der Waals surface area contributed by atoms with Crippen LogP contribution in [0.25, 0.3) is 11.0 Å². The maximum absolute atomic E-state index is 12.5. The smallest absolute Gasteiger partial charge is 0.227 e. The van der Waals surface area contributed by atoms with Crippen molar-refractivity contribution in [2.45, 2.75) is 25.6 Å². The third kappa shape index (κ3) is 4.52. The first-order valence-electron chi connectivity index (χ1n) is 9.68. The fourth-order valence-electron chi connectivity index (χ4n) is 3.42. The molecule has 0 fully saturated rings. The molecule has 0 aliphatic rings. The minimum Gasteiger partial charge on any atom is -0.387 e. The van der Waals surface area contributed by atoms with Crippen molar-refractivity contribution in [3.63, 3.8) is 0 Å². The predicted octanol–water partition coefficient (Wildman–Crippen LogP) is 3.63.